The number of rotatable bonds is 7. The quantitative estimate of drug-likeness (QED) is 0.715. The minimum absolute atomic E-state index is 0.0786. The molecule has 0 bridgehead atoms. The summed E-state index contributed by atoms with van der Waals surface area (Å²) in [4.78, 5) is 35.7. The number of hydrogen-bond donors (Lipinski definition) is 2. The molecule has 0 aliphatic rings. The Morgan fingerprint density at radius 1 is 1.26 bits per heavy atom. The molecule has 1 unspecified atom stereocenters. The molecule has 0 spiro atoms. The molecule has 2 amide bonds. The molecule has 0 saturated carbocycles. The second-order valence-electron chi connectivity index (χ2n) is 5.44. The highest BCUT2D eigenvalue weighted by Crippen LogP contribution is 2.31. The van der Waals surface area contributed by atoms with Crippen molar-refractivity contribution in [3.8, 4) is 0 Å². The molecular weight excluding hydrogens is 248 g/mol. The van der Waals surface area contributed by atoms with Gasteiger partial charge in [-0.15, -0.1) is 0 Å². The van der Waals surface area contributed by atoms with Crippen LogP contribution < -0.4 is 5.32 Å². The van der Waals surface area contributed by atoms with Crippen molar-refractivity contribution in [1.29, 1.82) is 0 Å². The van der Waals surface area contributed by atoms with Crippen molar-refractivity contribution in [3.63, 3.8) is 0 Å². The third-order valence-electron chi connectivity index (χ3n) is 3.45. The van der Waals surface area contributed by atoms with Crippen molar-refractivity contribution in [1.82, 2.24) is 10.2 Å². The van der Waals surface area contributed by atoms with Crippen LogP contribution >= 0.6 is 0 Å². The largest absolute Gasteiger partial charge is 0.481 e. The molecule has 0 heterocycles. The molecule has 0 radical (unpaired) electrons. The summed E-state index contributed by atoms with van der Waals surface area (Å²) >= 11 is 0. The Kier molecular flexibility index (Phi) is 6.52. The average Bonchev–Trinajstić information content (AvgIpc) is 2.27. The summed E-state index contributed by atoms with van der Waals surface area (Å²) in [5.41, 5.74) is -1.09. The van der Waals surface area contributed by atoms with Crippen molar-refractivity contribution in [2.24, 2.45) is 11.3 Å². The van der Waals surface area contributed by atoms with Crippen LogP contribution in [0, 0.1) is 11.3 Å². The van der Waals surface area contributed by atoms with Gasteiger partial charge in [-0.2, -0.15) is 0 Å². The van der Waals surface area contributed by atoms with Gasteiger partial charge in [-0.05, 0) is 12.8 Å². The van der Waals surface area contributed by atoms with Crippen LogP contribution in [0.2, 0.25) is 0 Å². The molecule has 0 aromatic heterocycles. The molecule has 110 valence electrons. The molecule has 19 heavy (non-hydrogen) atoms. The van der Waals surface area contributed by atoms with Gasteiger partial charge in [0.05, 0.1) is 5.41 Å². The molecule has 1 atom stereocenters. The van der Waals surface area contributed by atoms with Gasteiger partial charge in [-0.25, -0.2) is 0 Å². The monoisotopic (exact) mass is 272 g/mol. The zero-order chi connectivity index (χ0) is 15.2. The van der Waals surface area contributed by atoms with Gasteiger partial charge in [-0.1, -0.05) is 13.8 Å². The smallest absolute Gasteiger partial charge is 0.310 e. The van der Waals surface area contributed by atoms with Crippen molar-refractivity contribution in [3.05, 3.63) is 0 Å². The zero-order valence-corrected chi connectivity index (χ0v) is 12.3. The van der Waals surface area contributed by atoms with E-state index in [1.807, 2.05) is 0 Å². The fourth-order valence-corrected chi connectivity index (χ4v) is 1.46. The van der Waals surface area contributed by atoms with E-state index in [2.05, 4.69) is 5.32 Å². The fourth-order valence-electron chi connectivity index (χ4n) is 1.46. The van der Waals surface area contributed by atoms with Crippen LogP contribution in [-0.2, 0) is 14.4 Å². The van der Waals surface area contributed by atoms with E-state index in [-0.39, 0.29) is 37.1 Å². The number of carbonyl (C=O) groups is 3. The highest BCUT2D eigenvalue weighted by Gasteiger charge is 2.38. The second kappa shape index (κ2) is 7.11. The van der Waals surface area contributed by atoms with E-state index in [1.165, 1.54) is 4.90 Å². The van der Waals surface area contributed by atoms with Gasteiger partial charge in [0.25, 0.3) is 0 Å². The maximum absolute atomic E-state index is 11.7. The van der Waals surface area contributed by atoms with Crippen molar-refractivity contribution in [2.75, 3.05) is 20.6 Å². The van der Waals surface area contributed by atoms with E-state index >= 15 is 0 Å². The lowest BCUT2D eigenvalue weighted by Crippen LogP contribution is -2.40. The summed E-state index contributed by atoms with van der Waals surface area (Å²) in [6.07, 6.45) is 0.125. The first-order valence-corrected chi connectivity index (χ1v) is 6.31. The number of carbonyl (C=O) groups excluding carboxylic acids is 2. The van der Waals surface area contributed by atoms with E-state index in [0.717, 1.165) is 0 Å². The Morgan fingerprint density at radius 3 is 2.16 bits per heavy atom. The van der Waals surface area contributed by atoms with Crippen LogP contribution in [0.15, 0.2) is 0 Å². The number of amides is 2. The maximum Gasteiger partial charge on any atom is 0.310 e. The molecule has 0 saturated heterocycles. The Balaban J connectivity index is 4.31. The molecule has 0 aliphatic carbocycles. The van der Waals surface area contributed by atoms with Crippen LogP contribution in [0.5, 0.6) is 0 Å². The third-order valence-corrected chi connectivity index (χ3v) is 3.45. The van der Waals surface area contributed by atoms with Crippen molar-refractivity contribution >= 4 is 17.8 Å². The summed E-state index contributed by atoms with van der Waals surface area (Å²) in [7, 11) is 3.29. The lowest BCUT2D eigenvalue weighted by Gasteiger charge is -2.28. The number of carboxylic acid groups (broad SMARTS) is 1. The van der Waals surface area contributed by atoms with E-state index in [1.54, 1.807) is 34.9 Å². The minimum atomic E-state index is -1.09. The number of nitrogens with one attached hydrogen (secondary N) is 1. The molecule has 0 aromatic rings. The predicted molar refractivity (Wildman–Crippen MR) is 71.5 cm³/mol. The van der Waals surface area contributed by atoms with Gasteiger partial charge >= 0.3 is 5.97 Å². The third kappa shape index (κ3) is 5.28. The summed E-state index contributed by atoms with van der Waals surface area (Å²) in [6.45, 7) is 5.34. The maximum atomic E-state index is 11.7. The zero-order valence-electron chi connectivity index (χ0n) is 12.3. The van der Waals surface area contributed by atoms with Gasteiger partial charge in [-0.3, -0.25) is 14.4 Å². The van der Waals surface area contributed by atoms with E-state index in [4.69, 9.17) is 0 Å². The molecule has 0 fully saturated rings. The van der Waals surface area contributed by atoms with Gasteiger partial charge in [0.1, 0.15) is 0 Å². The SMILES string of the molecule is CC(C)C(C)(CC(=O)NCCC(=O)N(C)C)C(=O)O. The van der Waals surface area contributed by atoms with Gasteiger partial charge in [0.2, 0.25) is 11.8 Å². The second-order valence-corrected chi connectivity index (χ2v) is 5.44. The Labute approximate surface area is 114 Å². The van der Waals surface area contributed by atoms with Crippen LogP contribution in [0.3, 0.4) is 0 Å². The normalized spacial score (nSPS) is 13.8. The first-order valence-electron chi connectivity index (χ1n) is 6.31. The average molecular weight is 272 g/mol. The number of hydrogen-bond acceptors (Lipinski definition) is 3. The first-order chi connectivity index (χ1) is 8.61. The van der Waals surface area contributed by atoms with Gasteiger partial charge < -0.3 is 15.3 Å². The minimum Gasteiger partial charge on any atom is -0.481 e. The molecule has 0 aliphatic heterocycles. The van der Waals surface area contributed by atoms with E-state index in [9.17, 15) is 19.5 Å². The topological polar surface area (TPSA) is 86.7 Å². The molecule has 0 aromatic carbocycles. The standard InChI is InChI=1S/C13H24N2O4/c1-9(2)13(3,12(18)19)8-10(16)14-7-6-11(17)15(4)5/h9H,6-8H2,1-5H3,(H,14,16)(H,18,19). The van der Waals surface area contributed by atoms with Gasteiger partial charge in [0.15, 0.2) is 0 Å². The van der Waals surface area contributed by atoms with Crippen molar-refractivity contribution < 1.29 is 19.5 Å². The summed E-state index contributed by atoms with van der Waals surface area (Å²) in [5.74, 6) is -1.56. The van der Waals surface area contributed by atoms with Crippen molar-refractivity contribution in [2.45, 2.75) is 33.6 Å². The van der Waals surface area contributed by atoms with Crippen LogP contribution in [0.1, 0.15) is 33.6 Å². The summed E-state index contributed by atoms with van der Waals surface area (Å²) < 4.78 is 0. The highest BCUT2D eigenvalue weighted by atomic mass is 16.4. The van der Waals surface area contributed by atoms with E-state index < -0.39 is 11.4 Å². The first kappa shape index (κ1) is 17.4. The van der Waals surface area contributed by atoms with E-state index in [0.29, 0.717) is 0 Å². The molecule has 2 N–H and O–H groups in total. The lowest BCUT2D eigenvalue weighted by molar-refractivity contribution is -0.153. The number of aliphatic carboxylic acids is 1. The molecule has 0 rings (SSSR count). The summed E-state index contributed by atoms with van der Waals surface area (Å²) in [6, 6.07) is 0. The Hall–Kier alpha value is -1.59. The number of carboxylic acids is 1. The molecular formula is C13H24N2O4. The fraction of sp³-hybridized carbons (Fsp3) is 0.769. The highest BCUT2D eigenvalue weighted by molar-refractivity contribution is 5.85. The lowest BCUT2D eigenvalue weighted by atomic mass is 9.76. The van der Waals surface area contributed by atoms with Crippen LogP contribution in [-0.4, -0.2) is 48.4 Å². The van der Waals surface area contributed by atoms with Crippen LogP contribution in [0.4, 0.5) is 0 Å². The molecule has 6 nitrogen and oxygen atoms in total. The van der Waals surface area contributed by atoms with Gasteiger partial charge in [0, 0.05) is 33.5 Å². The number of nitrogens with zero attached hydrogens (tertiary/aromatic N) is 1. The Bertz CT molecular complexity index is 353. The summed E-state index contributed by atoms with van der Waals surface area (Å²) in [5, 5.41) is 11.8. The molecule has 6 heteroatoms. The Morgan fingerprint density at radius 2 is 1.79 bits per heavy atom. The van der Waals surface area contributed by atoms with Crippen LogP contribution in [0.25, 0.3) is 0 Å². The predicted octanol–water partition coefficient (Wildman–Crippen LogP) is 0.718.